The Bertz CT molecular complexity index is 1070. The Kier molecular flexibility index (Phi) is 8.07. The van der Waals surface area contributed by atoms with Gasteiger partial charge in [0, 0.05) is 26.1 Å². The average molecular weight is 468 g/mol. The van der Waals surface area contributed by atoms with Gasteiger partial charge < -0.3 is 24.2 Å². The number of hydrogen-bond acceptors (Lipinski definition) is 7. The van der Waals surface area contributed by atoms with E-state index < -0.39 is 23.7 Å². The predicted molar refractivity (Wildman–Crippen MR) is 125 cm³/mol. The molecule has 8 heteroatoms. The highest BCUT2D eigenvalue weighted by Crippen LogP contribution is 2.39. The summed E-state index contributed by atoms with van der Waals surface area (Å²) in [4.78, 5) is 38.4. The number of ether oxygens (including phenoxy) is 3. The molecule has 1 amide bonds. The van der Waals surface area contributed by atoms with Crippen molar-refractivity contribution >= 4 is 23.4 Å². The molecule has 1 atom stereocenters. The minimum Gasteiger partial charge on any atom is -0.507 e. The molecule has 0 bridgehead atoms. The number of aliphatic hydroxyl groups is 1. The van der Waals surface area contributed by atoms with Crippen LogP contribution in [0.3, 0.4) is 0 Å². The lowest BCUT2D eigenvalue weighted by molar-refractivity contribution is -0.140. The van der Waals surface area contributed by atoms with Crippen LogP contribution in [0.4, 0.5) is 0 Å². The third kappa shape index (κ3) is 5.63. The molecule has 2 aromatic carbocycles. The van der Waals surface area contributed by atoms with Crippen molar-refractivity contribution in [2.24, 2.45) is 5.92 Å². The number of nitrogens with zero attached hydrogens (tertiary/aromatic N) is 1. The first-order valence-corrected chi connectivity index (χ1v) is 11.0. The smallest absolute Gasteiger partial charge is 0.308 e. The zero-order valence-electron chi connectivity index (χ0n) is 19.7. The van der Waals surface area contributed by atoms with Gasteiger partial charge in [-0.05, 0) is 47.9 Å². The van der Waals surface area contributed by atoms with Crippen LogP contribution in [0.1, 0.15) is 37.9 Å². The Morgan fingerprint density at radius 1 is 1.03 bits per heavy atom. The number of rotatable bonds is 9. The largest absolute Gasteiger partial charge is 0.507 e. The second-order valence-electron chi connectivity index (χ2n) is 8.38. The van der Waals surface area contributed by atoms with E-state index >= 15 is 0 Å². The van der Waals surface area contributed by atoms with Gasteiger partial charge in [-0.2, -0.15) is 0 Å². The summed E-state index contributed by atoms with van der Waals surface area (Å²) in [7, 11) is 1.50. The second-order valence-corrected chi connectivity index (χ2v) is 8.38. The van der Waals surface area contributed by atoms with Gasteiger partial charge in [-0.25, -0.2) is 0 Å². The van der Waals surface area contributed by atoms with E-state index in [0.717, 1.165) is 0 Å². The summed E-state index contributed by atoms with van der Waals surface area (Å²) in [5, 5.41) is 11.1. The van der Waals surface area contributed by atoms with Crippen LogP contribution in [0.5, 0.6) is 11.5 Å². The Labute approximate surface area is 198 Å². The second kappa shape index (κ2) is 11.0. The van der Waals surface area contributed by atoms with Gasteiger partial charge in [-0.1, -0.05) is 26.0 Å². The quantitative estimate of drug-likeness (QED) is 0.197. The van der Waals surface area contributed by atoms with Gasteiger partial charge in [0.1, 0.15) is 17.3 Å². The standard InChI is InChI=1S/C26H29NO7/c1-16(2)15-33-20-9-7-19(8-10-20)24(29)22-23(27(13-14-32-4)26(31)25(22)30)18-5-11-21(12-6-18)34-17(3)28/h5-12,16,23,29H,13-15H2,1-4H3/b24-22-. The molecule has 0 aliphatic carbocycles. The SMILES string of the molecule is COCCN1C(=O)C(=O)/C(=C(\O)c2ccc(OCC(C)C)cc2)C1c1ccc(OC(C)=O)cc1. The van der Waals surface area contributed by atoms with E-state index in [4.69, 9.17) is 14.2 Å². The molecule has 0 spiro atoms. The zero-order valence-corrected chi connectivity index (χ0v) is 19.7. The van der Waals surface area contributed by atoms with Crippen molar-refractivity contribution < 1.29 is 33.7 Å². The van der Waals surface area contributed by atoms with E-state index in [1.54, 1.807) is 48.5 Å². The third-order valence-electron chi connectivity index (χ3n) is 5.24. The molecule has 1 aliphatic rings. The minimum absolute atomic E-state index is 0.0165. The lowest BCUT2D eigenvalue weighted by Crippen LogP contribution is -2.32. The topological polar surface area (TPSA) is 102 Å². The minimum atomic E-state index is -0.821. The number of esters is 1. The maximum Gasteiger partial charge on any atom is 0.308 e. The summed E-state index contributed by atoms with van der Waals surface area (Å²) in [5.74, 6) is -0.885. The molecule has 0 saturated carbocycles. The summed E-state index contributed by atoms with van der Waals surface area (Å²) in [6, 6.07) is 12.4. The Morgan fingerprint density at radius 3 is 2.21 bits per heavy atom. The fourth-order valence-electron chi connectivity index (χ4n) is 3.66. The van der Waals surface area contributed by atoms with E-state index in [1.807, 2.05) is 13.8 Å². The number of likely N-dealkylation sites (tertiary alicyclic amines) is 1. The van der Waals surface area contributed by atoms with Gasteiger partial charge in [0.05, 0.1) is 24.8 Å². The van der Waals surface area contributed by atoms with Crippen molar-refractivity contribution in [3.8, 4) is 11.5 Å². The Morgan fingerprint density at radius 2 is 1.65 bits per heavy atom. The first kappa shape index (κ1) is 25.0. The number of aliphatic hydroxyl groups excluding tert-OH is 1. The van der Waals surface area contributed by atoms with Crippen molar-refractivity contribution in [3.05, 3.63) is 65.2 Å². The number of benzene rings is 2. The van der Waals surface area contributed by atoms with Gasteiger partial charge in [0.25, 0.3) is 11.7 Å². The molecule has 1 N–H and O–H groups in total. The molecule has 2 aromatic rings. The van der Waals surface area contributed by atoms with Crippen molar-refractivity contribution in [1.29, 1.82) is 0 Å². The lowest BCUT2D eigenvalue weighted by atomic mass is 9.95. The van der Waals surface area contributed by atoms with Gasteiger partial charge in [-0.3, -0.25) is 14.4 Å². The molecule has 0 aromatic heterocycles. The van der Waals surface area contributed by atoms with E-state index in [9.17, 15) is 19.5 Å². The molecule has 1 heterocycles. The number of methoxy groups -OCH3 is 1. The Hall–Kier alpha value is -3.65. The molecular weight excluding hydrogens is 438 g/mol. The highest BCUT2D eigenvalue weighted by Gasteiger charge is 2.45. The Balaban J connectivity index is 2.01. The van der Waals surface area contributed by atoms with Crippen LogP contribution in [-0.4, -0.2) is 54.5 Å². The molecule has 8 nitrogen and oxygen atoms in total. The molecule has 180 valence electrons. The van der Waals surface area contributed by atoms with E-state index in [2.05, 4.69) is 0 Å². The molecule has 1 aliphatic heterocycles. The van der Waals surface area contributed by atoms with Crippen LogP contribution in [0.25, 0.3) is 5.76 Å². The highest BCUT2D eigenvalue weighted by atomic mass is 16.5. The van der Waals surface area contributed by atoms with Crippen LogP contribution in [0.15, 0.2) is 54.1 Å². The van der Waals surface area contributed by atoms with E-state index in [0.29, 0.717) is 35.2 Å². The summed E-state index contributed by atoms with van der Waals surface area (Å²) in [6.45, 7) is 6.32. The predicted octanol–water partition coefficient (Wildman–Crippen LogP) is 3.71. The summed E-state index contributed by atoms with van der Waals surface area (Å²) < 4.78 is 15.9. The van der Waals surface area contributed by atoms with Crippen LogP contribution < -0.4 is 9.47 Å². The number of ketones is 1. The monoisotopic (exact) mass is 467 g/mol. The van der Waals surface area contributed by atoms with E-state index in [-0.39, 0.29) is 24.5 Å². The van der Waals surface area contributed by atoms with Crippen molar-refractivity contribution in [1.82, 2.24) is 4.90 Å². The van der Waals surface area contributed by atoms with Crippen LogP contribution >= 0.6 is 0 Å². The number of amides is 1. The van der Waals surface area contributed by atoms with Gasteiger partial charge in [0.2, 0.25) is 0 Å². The normalized spacial score (nSPS) is 17.3. The highest BCUT2D eigenvalue weighted by molar-refractivity contribution is 6.46. The molecule has 1 fully saturated rings. The molecular formula is C26H29NO7. The van der Waals surface area contributed by atoms with Gasteiger partial charge in [0.15, 0.2) is 0 Å². The first-order valence-electron chi connectivity index (χ1n) is 11.0. The maximum atomic E-state index is 13.0. The number of carbonyl (C=O) groups is 3. The fourth-order valence-corrected chi connectivity index (χ4v) is 3.66. The maximum absolute atomic E-state index is 13.0. The third-order valence-corrected chi connectivity index (χ3v) is 5.24. The first-order chi connectivity index (χ1) is 16.2. The van der Waals surface area contributed by atoms with Crippen molar-refractivity contribution in [2.45, 2.75) is 26.8 Å². The summed E-state index contributed by atoms with van der Waals surface area (Å²) in [6.07, 6.45) is 0. The fraction of sp³-hybridized carbons (Fsp3) is 0.346. The molecule has 0 radical (unpaired) electrons. The lowest BCUT2D eigenvalue weighted by Gasteiger charge is -2.25. The van der Waals surface area contributed by atoms with Crippen LogP contribution in [0.2, 0.25) is 0 Å². The molecule has 1 saturated heterocycles. The number of Topliss-reactive ketones (excluding diaryl/α,β-unsaturated/α-hetero) is 1. The molecule has 34 heavy (non-hydrogen) atoms. The summed E-state index contributed by atoms with van der Waals surface area (Å²) in [5.41, 5.74) is 0.963. The molecule has 1 unspecified atom stereocenters. The average Bonchev–Trinajstić information content (AvgIpc) is 3.06. The van der Waals surface area contributed by atoms with Crippen LogP contribution in [-0.2, 0) is 19.1 Å². The van der Waals surface area contributed by atoms with Crippen molar-refractivity contribution in [2.75, 3.05) is 26.9 Å². The van der Waals surface area contributed by atoms with Crippen LogP contribution in [0, 0.1) is 5.92 Å². The van der Waals surface area contributed by atoms with E-state index in [1.165, 1.54) is 18.9 Å². The number of carbonyl (C=O) groups excluding carboxylic acids is 3. The molecule has 3 rings (SSSR count). The zero-order chi connectivity index (χ0) is 24.8. The van der Waals surface area contributed by atoms with Crippen molar-refractivity contribution in [3.63, 3.8) is 0 Å². The van der Waals surface area contributed by atoms with Gasteiger partial charge in [-0.15, -0.1) is 0 Å². The van der Waals surface area contributed by atoms with Gasteiger partial charge >= 0.3 is 5.97 Å². The summed E-state index contributed by atoms with van der Waals surface area (Å²) >= 11 is 0. The number of hydrogen-bond donors (Lipinski definition) is 1.